The zero-order valence-electron chi connectivity index (χ0n) is 13.6. The number of pyridine rings is 1. The monoisotopic (exact) mass is 314 g/mol. The van der Waals surface area contributed by atoms with Crippen LogP contribution >= 0.6 is 0 Å². The van der Waals surface area contributed by atoms with Crippen LogP contribution in [0.2, 0.25) is 0 Å². The van der Waals surface area contributed by atoms with Crippen molar-refractivity contribution in [3.05, 3.63) is 47.1 Å². The van der Waals surface area contributed by atoms with Gasteiger partial charge in [0, 0.05) is 44.0 Å². The minimum absolute atomic E-state index is 0.0506. The average Bonchev–Trinajstić information content (AvgIpc) is 2.92. The zero-order chi connectivity index (χ0) is 16.2. The van der Waals surface area contributed by atoms with Crippen molar-refractivity contribution in [1.29, 1.82) is 0 Å². The van der Waals surface area contributed by atoms with Crippen LogP contribution in [0.4, 0.5) is 0 Å². The normalized spacial score (nSPS) is 18.2. The molecule has 0 aromatic carbocycles. The van der Waals surface area contributed by atoms with Crippen molar-refractivity contribution in [2.45, 2.75) is 32.7 Å². The number of nitrogens with one attached hydrogen (secondary N) is 1. The number of carbonyl (C=O) groups excluding carboxylic acids is 1. The SMILES string of the molecule is Cc1noc(C)c1CCC(=O)N1CCNCC1c1cccnc1. The van der Waals surface area contributed by atoms with Gasteiger partial charge in [0.25, 0.3) is 0 Å². The van der Waals surface area contributed by atoms with Gasteiger partial charge in [0.15, 0.2) is 0 Å². The third-order valence-electron chi connectivity index (χ3n) is 4.40. The van der Waals surface area contributed by atoms with E-state index in [9.17, 15) is 4.79 Å². The van der Waals surface area contributed by atoms with Gasteiger partial charge in [-0.3, -0.25) is 9.78 Å². The van der Waals surface area contributed by atoms with Crippen LogP contribution in [0, 0.1) is 13.8 Å². The molecular weight excluding hydrogens is 292 g/mol. The van der Waals surface area contributed by atoms with Crippen LogP contribution in [0.15, 0.2) is 29.0 Å². The van der Waals surface area contributed by atoms with Crippen LogP contribution in [-0.4, -0.2) is 40.6 Å². The van der Waals surface area contributed by atoms with Gasteiger partial charge in [-0.2, -0.15) is 0 Å². The van der Waals surface area contributed by atoms with Crippen molar-refractivity contribution < 1.29 is 9.32 Å². The second-order valence-electron chi connectivity index (χ2n) is 5.90. The van der Waals surface area contributed by atoms with Crippen LogP contribution < -0.4 is 5.32 Å². The molecule has 1 amide bonds. The summed E-state index contributed by atoms with van der Waals surface area (Å²) in [5, 5.41) is 7.31. The predicted octanol–water partition coefficient (Wildman–Crippen LogP) is 1.79. The van der Waals surface area contributed by atoms with Gasteiger partial charge < -0.3 is 14.7 Å². The van der Waals surface area contributed by atoms with E-state index < -0.39 is 0 Å². The van der Waals surface area contributed by atoms with Crippen molar-refractivity contribution >= 4 is 5.91 Å². The highest BCUT2D eigenvalue weighted by atomic mass is 16.5. The fourth-order valence-electron chi connectivity index (χ4n) is 3.11. The summed E-state index contributed by atoms with van der Waals surface area (Å²) in [7, 11) is 0. The molecule has 1 atom stereocenters. The van der Waals surface area contributed by atoms with Crippen molar-refractivity contribution in [2.24, 2.45) is 0 Å². The van der Waals surface area contributed by atoms with Gasteiger partial charge in [0.05, 0.1) is 11.7 Å². The summed E-state index contributed by atoms with van der Waals surface area (Å²) in [6.07, 6.45) is 4.74. The summed E-state index contributed by atoms with van der Waals surface area (Å²) in [6.45, 7) is 6.12. The quantitative estimate of drug-likeness (QED) is 0.931. The van der Waals surface area contributed by atoms with Crippen LogP contribution in [0.5, 0.6) is 0 Å². The number of carbonyl (C=O) groups is 1. The minimum Gasteiger partial charge on any atom is -0.361 e. The van der Waals surface area contributed by atoms with Gasteiger partial charge in [0.1, 0.15) is 5.76 Å². The standard InChI is InChI=1S/C17H22N4O2/c1-12-15(13(2)23-20-12)5-6-17(22)21-9-8-19-11-16(21)14-4-3-7-18-10-14/h3-4,7,10,16,19H,5-6,8-9,11H2,1-2H3. The highest BCUT2D eigenvalue weighted by molar-refractivity contribution is 5.77. The molecule has 2 aromatic heterocycles. The summed E-state index contributed by atoms with van der Waals surface area (Å²) in [5.74, 6) is 0.972. The zero-order valence-corrected chi connectivity index (χ0v) is 13.6. The molecule has 122 valence electrons. The lowest BCUT2D eigenvalue weighted by Gasteiger charge is -2.36. The van der Waals surface area contributed by atoms with Gasteiger partial charge in [-0.05, 0) is 31.9 Å². The van der Waals surface area contributed by atoms with E-state index in [1.807, 2.05) is 37.1 Å². The Labute approximate surface area is 135 Å². The van der Waals surface area contributed by atoms with Crippen LogP contribution in [-0.2, 0) is 11.2 Å². The maximum Gasteiger partial charge on any atom is 0.223 e. The van der Waals surface area contributed by atoms with Crippen molar-refractivity contribution in [3.8, 4) is 0 Å². The Morgan fingerprint density at radius 2 is 2.35 bits per heavy atom. The Kier molecular flexibility index (Phi) is 4.71. The summed E-state index contributed by atoms with van der Waals surface area (Å²) >= 11 is 0. The van der Waals surface area contributed by atoms with E-state index in [2.05, 4.69) is 15.5 Å². The number of rotatable bonds is 4. The molecule has 3 rings (SSSR count). The van der Waals surface area contributed by atoms with Crippen LogP contribution in [0.3, 0.4) is 0 Å². The van der Waals surface area contributed by atoms with E-state index in [4.69, 9.17) is 4.52 Å². The molecule has 1 fully saturated rings. The number of aryl methyl sites for hydroxylation is 2. The molecule has 1 saturated heterocycles. The van der Waals surface area contributed by atoms with E-state index in [1.165, 1.54) is 0 Å². The van der Waals surface area contributed by atoms with Crippen molar-refractivity contribution in [2.75, 3.05) is 19.6 Å². The maximum atomic E-state index is 12.7. The van der Waals surface area contributed by atoms with Gasteiger partial charge in [-0.15, -0.1) is 0 Å². The van der Waals surface area contributed by atoms with Crippen molar-refractivity contribution in [1.82, 2.24) is 20.4 Å². The Morgan fingerprint density at radius 1 is 1.48 bits per heavy atom. The topological polar surface area (TPSA) is 71.3 Å². The molecule has 3 heterocycles. The first-order valence-electron chi connectivity index (χ1n) is 7.98. The second-order valence-corrected chi connectivity index (χ2v) is 5.90. The van der Waals surface area contributed by atoms with Gasteiger partial charge >= 0.3 is 0 Å². The second kappa shape index (κ2) is 6.91. The average molecular weight is 314 g/mol. The molecule has 2 aromatic rings. The third-order valence-corrected chi connectivity index (χ3v) is 4.40. The van der Waals surface area contributed by atoms with E-state index >= 15 is 0 Å². The smallest absolute Gasteiger partial charge is 0.223 e. The summed E-state index contributed by atoms with van der Waals surface area (Å²) < 4.78 is 5.17. The van der Waals surface area contributed by atoms with Gasteiger partial charge in [-0.25, -0.2) is 0 Å². The first kappa shape index (κ1) is 15.7. The van der Waals surface area contributed by atoms with Crippen molar-refractivity contribution in [3.63, 3.8) is 0 Å². The Balaban J connectivity index is 1.69. The van der Waals surface area contributed by atoms with Crippen LogP contribution in [0.1, 0.15) is 35.0 Å². The molecule has 1 aliphatic rings. The molecule has 0 radical (unpaired) electrons. The lowest BCUT2D eigenvalue weighted by molar-refractivity contribution is -0.134. The third kappa shape index (κ3) is 3.42. The first-order chi connectivity index (χ1) is 11.2. The Bertz CT molecular complexity index is 649. The predicted molar refractivity (Wildman–Crippen MR) is 85.9 cm³/mol. The molecular formula is C17H22N4O2. The highest BCUT2D eigenvalue weighted by Crippen LogP contribution is 2.23. The molecule has 6 heteroatoms. The molecule has 6 nitrogen and oxygen atoms in total. The Hall–Kier alpha value is -2.21. The molecule has 1 unspecified atom stereocenters. The lowest BCUT2D eigenvalue weighted by Crippen LogP contribution is -2.48. The van der Waals surface area contributed by atoms with E-state index in [0.29, 0.717) is 12.8 Å². The molecule has 1 aliphatic heterocycles. The van der Waals surface area contributed by atoms with Crippen LogP contribution in [0.25, 0.3) is 0 Å². The lowest BCUT2D eigenvalue weighted by atomic mass is 10.0. The molecule has 0 spiro atoms. The summed E-state index contributed by atoms with van der Waals surface area (Å²) in [5.41, 5.74) is 3.00. The first-order valence-corrected chi connectivity index (χ1v) is 7.98. The van der Waals surface area contributed by atoms with E-state index in [0.717, 1.165) is 42.2 Å². The molecule has 0 saturated carbocycles. The fraction of sp³-hybridized carbons (Fsp3) is 0.471. The fourth-order valence-corrected chi connectivity index (χ4v) is 3.11. The number of nitrogens with zero attached hydrogens (tertiary/aromatic N) is 3. The number of aromatic nitrogens is 2. The number of hydrogen-bond donors (Lipinski definition) is 1. The number of hydrogen-bond acceptors (Lipinski definition) is 5. The number of amides is 1. The van der Waals surface area contributed by atoms with E-state index in [-0.39, 0.29) is 11.9 Å². The Morgan fingerprint density at radius 3 is 3.04 bits per heavy atom. The number of piperazine rings is 1. The van der Waals surface area contributed by atoms with Gasteiger partial charge in [-0.1, -0.05) is 11.2 Å². The molecule has 0 aliphatic carbocycles. The highest BCUT2D eigenvalue weighted by Gasteiger charge is 2.28. The van der Waals surface area contributed by atoms with E-state index in [1.54, 1.807) is 6.20 Å². The largest absolute Gasteiger partial charge is 0.361 e. The summed E-state index contributed by atoms with van der Waals surface area (Å²) in [4.78, 5) is 18.9. The summed E-state index contributed by atoms with van der Waals surface area (Å²) in [6, 6.07) is 3.99. The minimum atomic E-state index is 0.0506. The molecule has 0 bridgehead atoms. The molecule has 1 N–H and O–H groups in total. The maximum absolute atomic E-state index is 12.7. The van der Waals surface area contributed by atoms with Gasteiger partial charge in [0.2, 0.25) is 5.91 Å². The molecule has 23 heavy (non-hydrogen) atoms.